The highest BCUT2D eigenvalue weighted by Crippen LogP contribution is 2.13. The first-order valence-corrected chi connectivity index (χ1v) is 6.68. The summed E-state index contributed by atoms with van der Waals surface area (Å²) in [5, 5.41) is 0. The van der Waals surface area contributed by atoms with Crippen molar-refractivity contribution in [3.63, 3.8) is 0 Å². The first-order valence-electron chi connectivity index (χ1n) is 5.89. The average molecular weight is 304 g/mol. The first kappa shape index (κ1) is 13.0. The molecule has 18 heavy (non-hydrogen) atoms. The Bertz CT molecular complexity index is 525. The van der Waals surface area contributed by atoms with Gasteiger partial charge in [0, 0.05) is 29.7 Å². The van der Waals surface area contributed by atoms with Crippen molar-refractivity contribution in [3.8, 4) is 0 Å². The zero-order valence-corrected chi connectivity index (χ0v) is 11.6. The van der Waals surface area contributed by atoms with Gasteiger partial charge in [0.15, 0.2) is 0 Å². The van der Waals surface area contributed by atoms with Gasteiger partial charge in [-0.1, -0.05) is 28.1 Å². The average Bonchev–Trinajstić information content (AvgIpc) is 2.38. The lowest BCUT2D eigenvalue weighted by molar-refractivity contribution is -0.118. The van der Waals surface area contributed by atoms with Crippen LogP contribution >= 0.6 is 15.9 Å². The number of hydrogen-bond donors (Lipinski definition) is 0. The van der Waals surface area contributed by atoms with Crippen molar-refractivity contribution >= 4 is 21.7 Å². The van der Waals surface area contributed by atoms with Crippen LogP contribution in [0.25, 0.3) is 0 Å². The van der Waals surface area contributed by atoms with E-state index in [4.69, 9.17) is 0 Å². The Morgan fingerprint density at radius 3 is 2.61 bits per heavy atom. The molecule has 0 aliphatic rings. The third kappa shape index (κ3) is 4.08. The van der Waals surface area contributed by atoms with Crippen molar-refractivity contribution in [2.24, 2.45) is 0 Å². The monoisotopic (exact) mass is 303 g/mol. The molecule has 1 aromatic heterocycles. The highest BCUT2D eigenvalue weighted by molar-refractivity contribution is 9.10. The summed E-state index contributed by atoms with van der Waals surface area (Å²) in [5.41, 5.74) is 2.22. The van der Waals surface area contributed by atoms with E-state index in [0.717, 1.165) is 22.0 Å². The molecular formula is C15H14BrNO. The molecular weight excluding hydrogens is 290 g/mol. The van der Waals surface area contributed by atoms with Crippen LogP contribution < -0.4 is 0 Å². The van der Waals surface area contributed by atoms with Gasteiger partial charge in [-0.2, -0.15) is 0 Å². The zero-order chi connectivity index (χ0) is 12.8. The van der Waals surface area contributed by atoms with E-state index in [0.29, 0.717) is 12.8 Å². The van der Waals surface area contributed by atoms with Crippen molar-refractivity contribution in [1.29, 1.82) is 0 Å². The normalized spacial score (nSPS) is 10.3. The van der Waals surface area contributed by atoms with Crippen LogP contribution in [0.2, 0.25) is 0 Å². The number of aryl methyl sites for hydroxylation is 1. The van der Waals surface area contributed by atoms with Gasteiger partial charge in [0.2, 0.25) is 0 Å². The van der Waals surface area contributed by atoms with Gasteiger partial charge in [-0.3, -0.25) is 9.78 Å². The number of carbonyl (C=O) groups is 1. The van der Waals surface area contributed by atoms with Crippen LogP contribution in [-0.4, -0.2) is 10.8 Å². The molecule has 1 heterocycles. The van der Waals surface area contributed by atoms with Gasteiger partial charge in [-0.05, 0) is 41.8 Å². The van der Waals surface area contributed by atoms with E-state index in [-0.39, 0.29) is 5.78 Å². The summed E-state index contributed by atoms with van der Waals surface area (Å²) < 4.78 is 1.02. The number of aromatic nitrogens is 1. The molecule has 1 aromatic carbocycles. The number of benzene rings is 1. The summed E-state index contributed by atoms with van der Waals surface area (Å²) in [6, 6.07) is 11.8. The summed E-state index contributed by atoms with van der Waals surface area (Å²) in [4.78, 5) is 15.8. The minimum absolute atomic E-state index is 0.268. The number of rotatable bonds is 5. The Kier molecular flexibility index (Phi) is 4.65. The molecule has 0 unspecified atom stereocenters. The third-order valence-electron chi connectivity index (χ3n) is 2.73. The maximum atomic E-state index is 11.9. The van der Waals surface area contributed by atoms with E-state index < -0.39 is 0 Å². The minimum Gasteiger partial charge on any atom is -0.299 e. The Balaban J connectivity index is 1.86. The molecule has 0 saturated heterocycles. The molecule has 0 bridgehead atoms. The lowest BCUT2D eigenvalue weighted by Crippen LogP contribution is -2.04. The topological polar surface area (TPSA) is 30.0 Å². The summed E-state index contributed by atoms with van der Waals surface area (Å²) >= 11 is 3.41. The summed E-state index contributed by atoms with van der Waals surface area (Å²) in [6.07, 6.45) is 5.39. The number of nitrogens with zero attached hydrogens (tertiary/aromatic N) is 1. The standard InChI is InChI=1S/C15H14BrNO/c16-14-3-1-2-13(10-14)11-15(18)5-4-12-6-8-17-9-7-12/h1-3,6-10H,4-5,11H2. The highest BCUT2D eigenvalue weighted by Gasteiger charge is 2.04. The zero-order valence-electron chi connectivity index (χ0n) is 9.97. The lowest BCUT2D eigenvalue weighted by Gasteiger charge is -2.02. The van der Waals surface area contributed by atoms with Crippen molar-refractivity contribution in [2.75, 3.05) is 0 Å². The van der Waals surface area contributed by atoms with Crippen LogP contribution in [0.15, 0.2) is 53.3 Å². The Morgan fingerprint density at radius 2 is 1.89 bits per heavy atom. The van der Waals surface area contributed by atoms with E-state index in [1.165, 1.54) is 0 Å². The van der Waals surface area contributed by atoms with Crippen molar-refractivity contribution in [3.05, 3.63) is 64.4 Å². The van der Waals surface area contributed by atoms with Crippen molar-refractivity contribution in [1.82, 2.24) is 4.98 Å². The van der Waals surface area contributed by atoms with E-state index in [9.17, 15) is 4.79 Å². The number of carbonyl (C=O) groups excluding carboxylic acids is 1. The fraction of sp³-hybridized carbons (Fsp3) is 0.200. The predicted molar refractivity (Wildman–Crippen MR) is 75.4 cm³/mol. The van der Waals surface area contributed by atoms with Crippen molar-refractivity contribution in [2.45, 2.75) is 19.3 Å². The fourth-order valence-corrected chi connectivity index (χ4v) is 2.24. The van der Waals surface area contributed by atoms with Crippen LogP contribution in [0.3, 0.4) is 0 Å². The molecule has 2 rings (SSSR count). The summed E-state index contributed by atoms with van der Waals surface area (Å²) in [5.74, 6) is 0.268. The minimum atomic E-state index is 0.268. The number of hydrogen-bond acceptors (Lipinski definition) is 2. The van der Waals surface area contributed by atoms with Gasteiger partial charge in [0.05, 0.1) is 0 Å². The lowest BCUT2D eigenvalue weighted by atomic mass is 10.0. The Hall–Kier alpha value is -1.48. The highest BCUT2D eigenvalue weighted by atomic mass is 79.9. The maximum absolute atomic E-state index is 11.9. The second kappa shape index (κ2) is 6.45. The van der Waals surface area contributed by atoms with E-state index in [1.54, 1.807) is 12.4 Å². The van der Waals surface area contributed by atoms with Gasteiger partial charge < -0.3 is 0 Å². The predicted octanol–water partition coefficient (Wildman–Crippen LogP) is 3.59. The molecule has 92 valence electrons. The number of halogens is 1. The van der Waals surface area contributed by atoms with Crippen molar-refractivity contribution < 1.29 is 4.79 Å². The van der Waals surface area contributed by atoms with Gasteiger partial charge >= 0.3 is 0 Å². The molecule has 0 aliphatic heterocycles. The maximum Gasteiger partial charge on any atom is 0.137 e. The molecule has 0 radical (unpaired) electrons. The van der Waals surface area contributed by atoms with Crippen LogP contribution in [0.5, 0.6) is 0 Å². The third-order valence-corrected chi connectivity index (χ3v) is 3.23. The molecule has 0 saturated carbocycles. The molecule has 2 aromatic rings. The van der Waals surface area contributed by atoms with Gasteiger partial charge in [0.1, 0.15) is 5.78 Å². The SMILES string of the molecule is O=C(CCc1ccncc1)Cc1cccc(Br)c1. The second-order valence-electron chi connectivity index (χ2n) is 4.20. The molecule has 3 heteroatoms. The van der Waals surface area contributed by atoms with Crippen LogP contribution in [-0.2, 0) is 17.6 Å². The molecule has 0 amide bonds. The number of pyridine rings is 1. The molecule has 2 nitrogen and oxygen atoms in total. The second-order valence-corrected chi connectivity index (χ2v) is 5.12. The molecule has 0 spiro atoms. The van der Waals surface area contributed by atoms with E-state index in [2.05, 4.69) is 20.9 Å². The molecule has 0 N–H and O–H groups in total. The van der Waals surface area contributed by atoms with Crippen LogP contribution in [0, 0.1) is 0 Å². The van der Waals surface area contributed by atoms with Gasteiger partial charge in [-0.15, -0.1) is 0 Å². The molecule has 0 fully saturated rings. The molecule has 0 aliphatic carbocycles. The fourth-order valence-electron chi connectivity index (χ4n) is 1.80. The van der Waals surface area contributed by atoms with Crippen LogP contribution in [0.4, 0.5) is 0 Å². The van der Waals surface area contributed by atoms with E-state index >= 15 is 0 Å². The first-order chi connectivity index (χ1) is 8.74. The van der Waals surface area contributed by atoms with Crippen LogP contribution in [0.1, 0.15) is 17.5 Å². The smallest absolute Gasteiger partial charge is 0.137 e. The largest absolute Gasteiger partial charge is 0.299 e. The van der Waals surface area contributed by atoms with E-state index in [1.807, 2.05) is 36.4 Å². The summed E-state index contributed by atoms with van der Waals surface area (Å²) in [7, 11) is 0. The Morgan fingerprint density at radius 1 is 1.11 bits per heavy atom. The summed E-state index contributed by atoms with van der Waals surface area (Å²) in [6.45, 7) is 0. The van der Waals surface area contributed by atoms with Gasteiger partial charge in [-0.25, -0.2) is 0 Å². The Labute approximate surface area is 115 Å². The number of Topliss-reactive ketones (excluding diaryl/α,β-unsaturated/α-hetero) is 1. The number of ketones is 1. The van der Waals surface area contributed by atoms with Gasteiger partial charge in [0.25, 0.3) is 0 Å². The quantitative estimate of drug-likeness (QED) is 0.845. The molecule has 0 atom stereocenters.